The number of primary sulfonamides is 1. The first kappa shape index (κ1) is 18.1. The van der Waals surface area contributed by atoms with Gasteiger partial charge in [0.05, 0.1) is 9.79 Å². The lowest BCUT2D eigenvalue weighted by Gasteiger charge is -2.10. The van der Waals surface area contributed by atoms with E-state index in [0.717, 1.165) is 12.1 Å². The maximum absolute atomic E-state index is 11.4. The number of benzene rings is 3. The van der Waals surface area contributed by atoms with E-state index in [9.17, 15) is 26.5 Å². The van der Waals surface area contributed by atoms with E-state index in [1.165, 1.54) is 18.2 Å². The standard InChI is InChI=1S/C16H14N2O6S2/c17-15-7-12(26(22,23)24)6-10-5-9(1-3-13(10)15)14-4-2-11(8-16(14)19)25(18,20)21/h1-8,19H,17H2,(H2,18,20,21)(H,22,23,24). The van der Waals surface area contributed by atoms with Crippen molar-refractivity contribution in [3.8, 4) is 16.9 Å². The average Bonchev–Trinajstić information content (AvgIpc) is 2.52. The highest BCUT2D eigenvalue weighted by molar-refractivity contribution is 7.89. The van der Waals surface area contributed by atoms with Crippen molar-refractivity contribution in [1.29, 1.82) is 0 Å². The summed E-state index contributed by atoms with van der Waals surface area (Å²) in [5, 5.41) is 16.1. The SMILES string of the molecule is Nc1cc(S(=O)(=O)O)cc2cc(-c3ccc(S(N)(=O)=O)cc3O)ccc12. The highest BCUT2D eigenvalue weighted by atomic mass is 32.2. The van der Waals surface area contributed by atoms with E-state index in [4.69, 9.17) is 10.9 Å². The van der Waals surface area contributed by atoms with Gasteiger partial charge in [-0.25, -0.2) is 13.6 Å². The zero-order valence-electron chi connectivity index (χ0n) is 13.1. The van der Waals surface area contributed by atoms with Gasteiger partial charge in [-0.3, -0.25) is 4.55 Å². The van der Waals surface area contributed by atoms with E-state index in [-0.39, 0.29) is 21.2 Å². The number of rotatable bonds is 3. The Morgan fingerprint density at radius 3 is 2.12 bits per heavy atom. The molecular weight excluding hydrogens is 380 g/mol. The lowest BCUT2D eigenvalue weighted by atomic mass is 10.00. The molecule has 0 aliphatic heterocycles. The van der Waals surface area contributed by atoms with E-state index in [1.54, 1.807) is 18.2 Å². The van der Waals surface area contributed by atoms with Crippen molar-refractivity contribution >= 4 is 36.6 Å². The fraction of sp³-hybridized carbons (Fsp3) is 0. The molecule has 26 heavy (non-hydrogen) atoms. The Morgan fingerprint density at radius 2 is 1.54 bits per heavy atom. The van der Waals surface area contributed by atoms with E-state index in [0.29, 0.717) is 21.9 Å². The largest absolute Gasteiger partial charge is 0.507 e. The predicted octanol–water partition coefficient (Wildman–Crippen LogP) is 1.69. The summed E-state index contributed by atoms with van der Waals surface area (Å²) in [6.45, 7) is 0. The van der Waals surface area contributed by atoms with Crippen LogP contribution in [0.4, 0.5) is 5.69 Å². The third-order valence-corrected chi connectivity index (χ3v) is 5.61. The summed E-state index contributed by atoms with van der Waals surface area (Å²) < 4.78 is 54.6. The molecule has 3 aromatic rings. The highest BCUT2D eigenvalue weighted by Crippen LogP contribution is 2.34. The molecule has 0 atom stereocenters. The Balaban J connectivity index is 2.21. The zero-order valence-corrected chi connectivity index (χ0v) is 14.8. The molecule has 0 radical (unpaired) electrons. The number of phenolic OH excluding ortho intramolecular Hbond substituents is 1. The third-order valence-electron chi connectivity index (χ3n) is 3.86. The van der Waals surface area contributed by atoms with Crippen molar-refractivity contribution in [3.05, 3.63) is 48.5 Å². The van der Waals surface area contributed by atoms with E-state index in [1.807, 2.05) is 0 Å². The number of hydrogen-bond donors (Lipinski definition) is 4. The van der Waals surface area contributed by atoms with Gasteiger partial charge in [0.1, 0.15) is 5.75 Å². The molecule has 0 aliphatic carbocycles. The molecular formula is C16H14N2O6S2. The molecule has 3 rings (SSSR count). The summed E-state index contributed by atoms with van der Waals surface area (Å²) in [5.74, 6) is -0.310. The second-order valence-corrected chi connectivity index (χ2v) is 8.63. The van der Waals surface area contributed by atoms with Gasteiger partial charge in [0.2, 0.25) is 10.0 Å². The first-order valence-corrected chi connectivity index (χ1v) is 10.1. The molecule has 10 heteroatoms. The second-order valence-electron chi connectivity index (χ2n) is 5.65. The quantitative estimate of drug-likeness (QED) is 0.388. The van der Waals surface area contributed by atoms with Crippen LogP contribution in [0.25, 0.3) is 21.9 Å². The van der Waals surface area contributed by atoms with Gasteiger partial charge in [-0.05, 0) is 41.3 Å². The van der Waals surface area contributed by atoms with Gasteiger partial charge in [0.15, 0.2) is 0 Å². The number of anilines is 1. The molecule has 3 aromatic carbocycles. The van der Waals surface area contributed by atoms with Gasteiger partial charge < -0.3 is 10.8 Å². The van der Waals surface area contributed by atoms with E-state index < -0.39 is 20.1 Å². The molecule has 0 amide bonds. The minimum atomic E-state index is -4.43. The van der Waals surface area contributed by atoms with Crippen LogP contribution in [0, 0.1) is 0 Å². The van der Waals surface area contributed by atoms with Crippen molar-refractivity contribution in [1.82, 2.24) is 0 Å². The fourth-order valence-corrected chi connectivity index (χ4v) is 3.71. The Labute approximate surface area is 149 Å². The van der Waals surface area contributed by atoms with Gasteiger partial charge in [-0.1, -0.05) is 12.1 Å². The molecule has 0 fully saturated rings. The average molecular weight is 394 g/mol. The molecule has 0 bridgehead atoms. The molecule has 0 aromatic heterocycles. The third kappa shape index (κ3) is 3.35. The van der Waals surface area contributed by atoms with Gasteiger partial charge in [-0.15, -0.1) is 0 Å². The van der Waals surface area contributed by atoms with Crippen LogP contribution in [0.5, 0.6) is 5.75 Å². The normalized spacial score (nSPS) is 12.4. The van der Waals surface area contributed by atoms with Crippen LogP contribution in [-0.4, -0.2) is 26.5 Å². The summed E-state index contributed by atoms with van der Waals surface area (Å²) in [4.78, 5) is -0.592. The monoisotopic (exact) mass is 394 g/mol. The summed E-state index contributed by atoms with van der Waals surface area (Å²) in [7, 11) is -8.39. The van der Waals surface area contributed by atoms with Gasteiger partial charge >= 0.3 is 0 Å². The van der Waals surface area contributed by atoms with Crippen LogP contribution in [-0.2, 0) is 20.1 Å². The van der Waals surface area contributed by atoms with Crippen molar-refractivity contribution < 1.29 is 26.5 Å². The lowest BCUT2D eigenvalue weighted by molar-refractivity contribution is 0.475. The maximum atomic E-state index is 11.4. The molecule has 6 N–H and O–H groups in total. The number of nitrogen functional groups attached to an aromatic ring is 1. The van der Waals surface area contributed by atoms with Crippen LogP contribution >= 0.6 is 0 Å². The van der Waals surface area contributed by atoms with Gasteiger partial charge in [0.25, 0.3) is 10.1 Å². The van der Waals surface area contributed by atoms with Gasteiger partial charge in [-0.2, -0.15) is 8.42 Å². The number of sulfonamides is 1. The topological polar surface area (TPSA) is 161 Å². The summed E-state index contributed by atoms with van der Waals surface area (Å²) >= 11 is 0. The number of fused-ring (bicyclic) bond motifs is 1. The Morgan fingerprint density at radius 1 is 0.846 bits per heavy atom. The van der Waals surface area contributed by atoms with Crippen molar-refractivity contribution in [2.24, 2.45) is 5.14 Å². The Hall–Kier alpha value is -2.66. The molecule has 0 spiro atoms. The van der Waals surface area contributed by atoms with Crippen molar-refractivity contribution in [2.45, 2.75) is 9.79 Å². The fourth-order valence-electron chi connectivity index (χ4n) is 2.62. The summed E-state index contributed by atoms with van der Waals surface area (Å²) in [6.07, 6.45) is 0. The Kier molecular flexibility index (Phi) is 4.15. The molecule has 0 saturated heterocycles. The van der Waals surface area contributed by atoms with E-state index >= 15 is 0 Å². The first-order chi connectivity index (χ1) is 12.0. The number of hydrogen-bond acceptors (Lipinski definition) is 6. The summed E-state index contributed by atoms with van der Waals surface area (Å²) in [6, 6.07) is 10.9. The van der Waals surface area contributed by atoms with Crippen LogP contribution in [0.3, 0.4) is 0 Å². The van der Waals surface area contributed by atoms with Crippen LogP contribution in [0.2, 0.25) is 0 Å². The van der Waals surface area contributed by atoms with Crippen molar-refractivity contribution in [3.63, 3.8) is 0 Å². The van der Waals surface area contributed by atoms with Crippen LogP contribution in [0.15, 0.2) is 58.3 Å². The second kappa shape index (κ2) is 5.95. The molecule has 8 nitrogen and oxygen atoms in total. The smallest absolute Gasteiger partial charge is 0.294 e. The minimum Gasteiger partial charge on any atom is -0.507 e. The molecule has 0 aliphatic rings. The number of nitrogens with two attached hydrogens (primary N) is 2. The number of phenols is 1. The molecule has 136 valence electrons. The van der Waals surface area contributed by atoms with E-state index in [2.05, 4.69) is 0 Å². The highest BCUT2D eigenvalue weighted by Gasteiger charge is 2.15. The first-order valence-electron chi connectivity index (χ1n) is 7.14. The molecule has 0 unspecified atom stereocenters. The van der Waals surface area contributed by atoms with Crippen LogP contribution < -0.4 is 10.9 Å². The van der Waals surface area contributed by atoms with Crippen molar-refractivity contribution in [2.75, 3.05) is 5.73 Å². The Bertz CT molecular complexity index is 1250. The maximum Gasteiger partial charge on any atom is 0.294 e. The van der Waals surface area contributed by atoms with Crippen LogP contribution in [0.1, 0.15) is 0 Å². The molecule has 0 saturated carbocycles. The summed E-state index contributed by atoms with van der Waals surface area (Å²) in [5.41, 5.74) is 6.80. The molecule has 0 heterocycles. The number of aromatic hydroxyl groups is 1. The van der Waals surface area contributed by atoms with Gasteiger partial charge in [0, 0.05) is 22.7 Å². The zero-order chi connectivity index (χ0) is 19.3. The minimum absolute atomic E-state index is 0.162. The lowest BCUT2D eigenvalue weighted by Crippen LogP contribution is -2.11. The predicted molar refractivity (Wildman–Crippen MR) is 96.6 cm³/mol.